The number of rotatable bonds is 1. The zero-order chi connectivity index (χ0) is 14.0. The van der Waals surface area contributed by atoms with Crippen LogP contribution in [0.5, 0.6) is 5.75 Å². The van der Waals surface area contributed by atoms with Crippen LogP contribution < -0.4 is 0 Å². The number of amides is 2. The molecule has 0 unspecified atom stereocenters. The highest BCUT2D eigenvalue weighted by Gasteiger charge is 2.24. The van der Waals surface area contributed by atoms with E-state index in [1.807, 2.05) is 0 Å². The van der Waals surface area contributed by atoms with Crippen molar-refractivity contribution < 1.29 is 14.7 Å². The Labute approximate surface area is 119 Å². The highest BCUT2D eigenvalue weighted by molar-refractivity contribution is 9.10. The van der Waals surface area contributed by atoms with Crippen molar-refractivity contribution in [2.24, 2.45) is 0 Å². The number of hydrogen-bond donors (Lipinski definition) is 1. The van der Waals surface area contributed by atoms with Crippen LogP contribution in [0.15, 0.2) is 22.7 Å². The molecule has 1 saturated heterocycles. The van der Waals surface area contributed by atoms with Gasteiger partial charge in [-0.15, -0.1) is 0 Å². The predicted octanol–water partition coefficient (Wildman–Crippen LogP) is 1.46. The Morgan fingerprint density at radius 2 is 1.74 bits per heavy atom. The minimum atomic E-state index is -0.201. The molecule has 6 heteroatoms. The summed E-state index contributed by atoms with van der Waals surface area (Å²) >= 11 is 3.24. The number of aromatic hydroxyl groups is 1. The van der Waals surface area contributed by atoms with Gasteiger partial charge in [-0.1, -0.05) is 15.9 Å². The Morgan fingerprint density at radius 1 is 1.16 bits per heavy atom. The minimum Gasteiger partial charge on any atom is -0.507 e. The summed E-state index contributed by atoms with van der Waals surface area (Å²) < 4.78 is 0.725. The molecule has 0 aromatic heterocycles. The number of phenols is 1. The number of carbonyl (C=O) groups is 2. The van der Waals surface area contributed by atoms with Crippen LogP contribution in [0.3, 0.4) is 0 Å². The van der Waals surface area contributed by atoms with Crippen LogP contribution >= 0.6 is 15.9 Å². The van der Waals surface area contributed by atoms with Crippen molar-refractivity contribution in [1.82, 2.24) is 9.80 Å². The monoisotopic (exact) mass is 326 g/mol. The van der Waals surface area contributed by atoms with Gasteiger partial charge in [-0.2, -0.15) is 0 Å². The number of halogens is 1. The molecule has 1 aromatic carbocycles. The summed E-state index contributed by atoms with van der Waals surface area (Å²) in [7, 11) is 0. The van der Waals surface area contributed by atoms with Gasteiger partial charge in [-0.05, 0) is 18.2 Å². The second kappa shape index (κ2) is 5.61. The fraction of sp³-hybridized carbons (Fsp3) is 0.385. The van der Waals surface area contributed by atoms with Gasteiger partial charge in [0.15, 0.2) is 0 Å². The topological polar surface area (TPSA) is 60.9 Å². The Bertz CT molecular complexity index is 511. The average Bonchev–Trinajstić information content (AvgIpc) is 2.38. The van der Waals surface area contributed by atoms with Crippen molar-refractivity contribution in [3.63, 3.8) is 0 Å². The Morgan fingerprint density at radius 3 is 2.26 bits per heavy atom. The SMILES string of the molecule is CC(=O)N1CCN(C(=O)c2ccc(Br)cc2O)CC1. The lowest BCUT2D eigenvalue weighted by Crippen LogP contribution is -2.50. The summed E-state index contributed by atoms with van der Waals surface area (Å²) in [6.07, 6.45) is 0. The molecule has 1 fully saturated rings. The first-order chi connectivity index (χ1) is 8.99. The maximum absolute atomic E-state index is 12.3. The molecular weight excluding hydrogens is 312 g/mol. The number of carbonyl (C=O) groups excluding carboxylic acids is 2. The number of piperazine rings is 1. The molecule has 1 N–H and O–H groups in total. The zero-order valence-corrected chi connectivity index (χ0v) is 12.2. The van der Waals surface area contributed by atoms with E-state index in [-0.39, 0.29) is 17.6 Å². The molecule has 19 heavy (non-hydrogen) atoms. The Hall–Kier alpha value is -1.56. The lowest BCUT2D eigenvalue weighted by atomic mass is 10.1. The van der Waals surface area contributed by atoms with E-state index >= 15 is 0 Å². The molecule has 1 aromatic rings. The summed E-state index contributed by atoms with van der Waals surface area (Å²) in [6, 6.07) is 4.82. The van der Waals surface area contributed by atoms with E-state index in [1.54, 1.807) is 21.9 Å². The van der Waals surface area contributed by atoms with E-state index in [2.05, 4.69) is 15.9 Å². The van der Waals surface area contributed by atoms with Gasteiger partial charge < -0.3 is 14.9 Å². The standard InChI is InChI=1S/C13H15BrN2O3/c1-9(17)15-4-6-16(7-5-15)13(19)11-3-2-10(14)8-12(11)18/h2-3,8,18H,4-7H2,1H3. The Balaban J connectivity index is 2.07. The fourth-order valence-corrected chi connectivity index (χ4v) is 2.43. The minimum absolute atomic E-state index is 0.0265. The van der Waals surface area contributed by atoms with Gasteiger partial charge in [0.1, 0.15) is 5.75 Å². The van der Waals surface area contributed by atoms with E-state index in [4.69, 9.17) is 0 Å². The summed E-state index contributed by atoms with van der Waals surface area (Å²) in [5, 5.41) is 9.79. The number of benzene rings is 1. The molecule has 2 amide bonds. The molecular formula is C13H15BrN2O3. The molecule has 0 radical (unpaired) electrons. The molecule has 1 aliphatic heterocycles. The maximum atomic E-state index is 12.3. The van der Waals surface area contributed by atoms with E-state index in [9.17, 15) is 14.7 Å². The largest absolute Gasteiger partial charge is 0.507 e. The third-order valence-electron chi connectivity index (χ3n) is 3.20. The molecule has 1 aliphatic rings. The van der Waals surface area contributed by atoms with E-state index in [0.29, 0.717) is 31.7 Å². The van der Waals surface area contributed by atoms with Crippen molar-refractivity contribution in [2.45, 2.75) is 6.92 Å². The van der Waals surface area contributed by atoms with Crippen molar-refractivity contribution in [2.75, 3.05) is 26.2 Å². The molecule has 0 atom stereocenters. The van der Waals surface area contributed by atoms with Crippen LogP contribution in [0.25, 0.3) is 0 Å². The molecule has 0 saturated carbocycles. The molecule has 0 aliphatic carbocycles. The second-order valence-corrected chi connectivity index (χ2v) is 5.38. The number of phenolic OH excluding ortho intramolecular Hbond substituents is 1. The summed E-state index contributed by atoms with van der Waals surface area (Å²) in [5.41, 5.74) is 0.291. The first-order valence-electron chi connectivity index (χ1n) is 6.02. The molecule has 2 rings (SSSR count). The quantitative estimate of drug-likeness (QED) is 0.849. The van der Waals surface area contributed by atoms with Gasteiger partial charge in [0.05, 0.1) is 5.56 Å². The van der Waals surface area contributed by atoms with Crippen LogP contribution in [0.1, 0.15) is 17.3 Å². The Kier molecular flexibility index (Phi) is 4.09. The van der Waals surface area contributed by atoms with Crippen LogP contribution in [0, 0.1) is 0 Å². The maximum Gasteiger partial charge on any atom is 0.257 e. The summed E-state index contributed by atoms with van der Waals surface area (Å²) in [6.45, 7) is 3.59. The highest BCUT2D eigenvalue weighted by atomic mass is 79.9. The van der Waals surface area contributed by atoms with Gasteiger partial charge in [0.25, 0.3) is 5.91 Å². The lowest BCUT2D eigenvalue weighted by Gasteiger charge is -2.34. The predicted molar refractivity (Wildman–Crippen MR) is 74.0 cm³/mol. The number of hydrogen-bond acceptors (Lipinski definition) is 3. The molecule has 0 spiro atoms. The van der Waals surface area contributed by atoms with E-state index in [1.165, 1.54) is 13.0 Å². The van der Waals surface area contributed by atoms with E-state index in [0.717, 1.165) is 4.47 Å². The van der Waals surface area contributed by atoms with Gasteiger partial charge in [-0.25, -0.2) is 0 Å². The van der Waals surface area contributed by atoms with Gasteiger partial charge in [0.2, 0.25) is 5.91 Å². The van der Waals surface area contributed by atoms with Crippen LogP contribution in [0.4, 0.5) is 0 Å². The smallest absolute Gasteiger partial charge is 0.257 e. The third-order valence-corrected chi connectivity index (χ3v) is 3.70. The van der Waals surface area contributed by atoms with Crippen LogP contribution in [-0.4, -0.2) is 52.9 Å². The summed E-state index contributed by atoms with van der Waals surface area (Å²) in [5.74, 6) is -0.208. The van der Waals surface area contributed by atoms with Gasteiger partial charge in [0, 0.05) is 37.6 Å². The average molecular weight is 327 g/mol. The first-order valence-corrected chi connectivity index (χ1v) is 6.81. The van der Waals surface area contributed by atoms with E-state index < -0.39 is 0 Å². The number of nitrogens with zero attached hydrogens (tertiary/aromatic N) is 2. The summed E-state index contributed by atoms with van der Waals surface area (Å²) in [4.78, 5) is 26.8. The van der Waals surface area contributed by atoms with Crippen LogP contribution in [-0.2, 0) is 4.79 Å². The normalized spacial score (nSPS) is 15.5. The van der Waals surface area contributed by atoms with Crippen molar-refractivity contribution >= 4 is 27.7 Å². The fourth-order valence-electron chi connectivity index (χ4n) is 2.08. The second-order valence-electron chi connectivity index (χ2n) is 4.46. The highest BCUT2D eigenvalue weighted by Crippen LogP contribution is 2.24. The van der Waals surface area contributed by atoms with Gasteiger partial charge >= 0.3 is 0 Å². The van der Waals surface area contributed by atoms with Crippen LogP contribution in [0.2, 0.25) is 0 Å². The van der Waals surface area contributed by atoms with Crippen molar-refractivity contribution in [3.8, 4) is 5.75 Å². The lowest BCUT2D eigenvalue weighted by molar-refractivity contribution is -0.130. The molecule has 5 nitrogen and oxygen atoms in total. The third kappa shape index (κ3) is 3.07. The molecule has 102 valence electrons. The van der Waals surface area contributed by atoms with Crippen molar-refractivity contribution in [3.05, 3.63) is 28.2 Å². The van der Waals surface area contributed by atoms with Crippen molar-refractivity contribution in [1.29, 1.82) is 0 Å². The zero-order valence-electron chi connectivity index (χ0n) is 10.6. The van der Waals surface area contributed by atoms with Gasteiger partial charge in [-0.3, -0.25) is 9.59 Å². The molecule has 1 heterocycles. The first kappa shape index (κ1) is 13.9. The molecule has 0 bridgehead atoms.